The maximum absolute atomic E-state index is 12.4. The summed E-state index contributed by atoms with van der Waals surface area (Å²) >= 11 is 0. The number of aliphatic hydroxyl groups excluding tert-OH is 1. The number of carbonyl (C=O) groups is 1. The van der Waals surface area contributed by atoms with Gasteiger partial charge in [-0.15, -0.1) is 0 Å². The third kappa shape index (κ3) is 4.87. The standard InChI is InChI=1S/C25H27N5O3/c1-30(2)12-11-26-25(32)23(31)17-8-6-7-16(13-17)18-14-20-22(28-29-24(20)27-15-18)19-9-4-5-10-21(19)33-3/h4-10,13-15,23,31H,11-12H2,1-3H3,(H,26,32)(H,27,28,29). The molecule has 0 fully saturated rings. The number of para-hydroxylation sites is 1. The molecule has 2 heterocycles. The predicted octanol–water partition coefficient (Wildman–Crippen LogP) is 3.01. The number of fused-ring (bicyclic) bond motifs is 1. The number of hydrogen-bond donors (Lipinski definition) is 3. The minimum Gasteiger partial charge on any atom is -0.496 e. The monoisotopic (exact) mass is 445 g/mol. The van der Waals surface area contributed by atoms with E-state index in [1.807, 2.05) is 67.5 Å². The van der Waals surface area contributed by atoms with Gasteiger partial charge in [-0.3, -0.25) is 9.89 Å². The van der Waals surface area contributed by atoms with E-state index in [1.54, 1.807) is 19.4 Å². The lowest BCUT2D eigenvalue weighted by molar-refractivity contribution is -0.129. The van der Waals surface area contributed by atoms with Crippen molar-refractivity contribution < 1.29 is 14.6 Å². The summed E-state index contributed by atoms with van der Waals surface area (Å²) in [6.45, 7) is 1.17. The molecular formula is C25H27N5O3. The Balaban J connectivity index is 1.64. The molecule has 170 valence electrons. The Hall–Kier alpha value is -3.75. The highest BCUT2D eigenvalue weighted by Crippen LogP contribution is 2.34. The maximum atomic E-state index is 12.4. The summed E-state index contributed by atoms with van der Waals surface area (Å²) in [6, 6.07) is 17.0. The Labute approximate surface area is 192 Å². The maximum Gasteiger partial charge on any atom is 0.253 e. The summed E-state index contributed by atoms with van der Waals surface area (Å²) in [5, 5.41) is 21.6. The van der Waals surface area contributed by atoms with Gasteiger partial charge in [-0.25, -0.2) is 4.98 Å². The number of nitrogens with one attached hydrogen (secondary N) is 2. The summed E-state index contributed by atoms with van der Waals surface area (Å²) in [5.41, 5.74) is 4.51. The lowest BCUT2D eigenvalue weighted by Gasteiger charge is -2.15. The second-order valence-electron chi connectivity index (χ2n) is 8.02. The second-order valence-corrected chi connectivity index (χ2v) is 8.02. The van der Waals surface area contributed by atoms with Crippen LogP contribution in [0.2, 0.25) is 0 Å². The Morgan fingerprint density at radius 2 is 1.97 bits per heavy atom. The van der Waals surface area contributed by atoms with Crippen LogP contribution in [0.15, 0.2) is 60.8 Å². The van der Waals surface area contributed by atoms with E-state index in [1.165, 1.54) is 0 Å². The highest BCUT2D eigenvalue weighted by molar-refractivity contribution is 5.94. The van der Waals surface area contributed by atoms with Crippen molar-refractivity contribution in [1.29, 1.82) is 0 Å². The number of amides is 1. The van der Waals surface area contributed by atoms with Crippen molar-refractivity contribution in [1.82, 2.24) is 25.4 Å². The molecule has 1 unspecified atom stereocenters. The zero-order valence-corrected chi connectivity index (χ0v) is 18.9. The van der Waals surface area contributed by atoms with Gasteiger partial charge in [-0.05, 0) is 49.5 Å². The van der Waals surface area contributed by atoms with Gasteiger partial charge in [0.2, 0.25) is 0 Å². The Morgan fingerprint density at radius 3 is 2.76 bits per heavy atom. The van der Waals surface area contributed by atoms with Crippen LogP contribution in [0, 0.1) is 0 Å². The fraction of sp³-hybridized carbons (Fsp3) is 0.240. The molecule has 1 atom stereocenters. The number of H-pyrrole nitrogens is 1. The topological polar surface area (TPSA) is 103 Å². The van der Waals surface area contributed by atoms with E-state index < -0.39 is 12.0 Å². The van der Waals surface area contributed by atoms with Gasteiger partial charge in [-0.1, -0.05) is 30.3 Å². The van der Waals surface area contributed by atoms with Gasteiger partial charge < -0.3 is 20.1 Å². The molecule has 4 rings (SSSR count). The molecule has 1 amide bonds. The second kappa shape index (κ2) is 9.81. The molecule has 33 heavy (non-hydrogen) atoms. The fourth-order valence-corrected chi connectivity index (χ4v) is 3.65. The number of hydrogen-bond acceptors (Lipinski definition) is 6. The largest absolute Gasteiger partial charge is 0.496 e. The number of aromatic nitrogens is 3. The van der Waals surface area contributed by atoms with Crippen LogP contribution < -0.4 is 10.1 Å². The zero-order valence-electron chi connectivity index (χ0n) is 18.9. The first-order valence-electron chi connectivity index (χ1n) is 10.7. The molecule has 0 aliphatic carbocycles. The van der Waals surface area contributed by atoms with Crippen molar-refractivity contribution >= 4 is 16.9 Å². The number of methoxy groups -OCH3 is 1. The van der Waals surface area contributed by atoms with Crippen molar-refractivity contribution in [2.45, 2.75) is 6.10 Å². The minimum absolute atomic E-state index is 0.420. The Bertz CT molecular complexity index is 1270. The highest BCUT2D eigenvalue weighted by atomic mass is 16.5. The highest BCUT2D eigenvalue weighted by Gasteiger charge is 2.18. The number of rotatable bonds is 8. The first-order valence-corrected chi connectivity index (χ1v) is 10.7. The number of aromatic amines is 1. The van der Waals surface area contributed by atoms with E-state index in [9.17, 15) is 9.90 Å². The summed E-state index contributed by atoms with van der Waals surface area (Å²) in [4.78, 5) is 18.8. The number of pyridine rings is 1. The lowest BCUT2D eigenvalue weighted by Crippen LogP contribution is -2.34. The van der Waals surface area contributed by atoms with Gasteiger partial charge in [-0.2, -0.15) is 5.10 Å². The molecule has 3 N–H and O–H groups in total. The summed E-state index contributed by atoms with van der Waals surface area (Å²) in [7, 11) is 5.49. The Morgan fingerprint density at radius 1 is 1.15 bits per heavy atom. The van der Waals surface area contributed by atoms with Crippen LogP contribution in [0.4, 0.5) is 0 Å². The SMILES string of the molecule is COc1ccccc1-c1[nH]nc2ncc(-c3cccc(C(O)C(=O)NCCN(C)C)c3)cc12. The van der Waals surface area contributed by atoms with E-state index in [4.69, 9.17) is 4.74 Å². The first-order chi connectivity index (χ1) is 16.0. The van der Waals surface area contributed by atoms with Gasteiger partial charge in [0.05, 0.1) is 12.8 Å². The molecule has 0 aliphatic heterocycles. The third-order valence-corrected chi connectivity index (χ3v) is 5.43. The number of nitrogens with zero attached hydrogens (tertiary/aromatic N) is 3. The van der Waals surface area contributed by atoms with E-state index in [0.717, 1.165) is 33.5 Å². The van der Waals surface area contributed by atoms with Crippen LogP contribution in [-0.2, 0) is 4.79 Å². The lowest BCUT2D eigenvalue weighted by atomic mass is 10.00. The van der Waals surface area contributed by atoms with Gasteiger partial charge in [0.1, 0.15) is 5.75 Å². The van der Waals surface area contributed by atoms with E-state index in [-0.39, 0.29) is 0 Å². The van der Waals surface area contributed by atoms with Crippen LogP contribution in [0.3, 0.4) is 0 Å². The van der Waals surface area contributed by atoms with Crippen molar-refractivity contribution in [3.63, 3.8) is 0 Å². The number of ether oxygens (including phenoxy) is 1. The molecule has 0 bridgehead atoms. The number of benzene rings is 2. The van der Waals surface area contributed by atoms with Crippen molar-refractivity contribution in [3.05, 3.63) is 66.4 Å². The molecule has 0 radical (unpaired) electrons. The third-order valence-electron chi connectivity index (χ3n) is 5.43. The molecule has 4 aromatic rings. The molecular weight excluding hydrogens is 418 g/mol. The molecule has 2 aromatic heterocycles. The average molecular weight is 446 g/mol. The Kier molecular flexibility index (Phi) is 6.67. The number of likely N-dealkylation sites (N-methyl/N-ethyl adjacent to an activating group) is 1. The smallest absolute Gasteiger partial charge is 0.253 e. The van der Waals surface area contributed by atoms with Gasteiger partial charge in [0.15, 0.2) is 11.8 Å². The quantitative estimate of drug-likeness (QED) is 0.385. The molecule has 0 saturated carbocycles. The van der Waals surface area contributed by atoms with Crippen molar-refractivity contribution in [2.24, 2.45) is 0 Å². The van der Waals surface area contributed by atoms with E-state index in [0.29, 0.717) is 24.3 Å². The number of aliphatic hydroxyl groups is 1. The minimum atomic E-state index is -1.25. The van der Waals surface area contributed by atoms with Crippen LogP contribution in [0.1, 0.15) is 11.7 Å². The van der Waals surface area contributed by atoms with Gasteiger partial charge in [0.25, 0.3) is 5.91 Å². The van der Waals surface area contributed by atoms with Crippen LogP contribution in [-0.4, -0.2) is 65.4 Å². The van der Waals surface area contributed by atoms with Crippen molar-refractivity contribution in [3.8, 4) is 28.1 Å². The molecule has 0 saturated heterocycles. The van der Waals surface area contributed by atoms with Gasteiger partial charge >= 0.3 is 0 Å². The summed E-state index contributed by atoms with van der Waals surface area (Å²) < 4.78 is 5.50. The summed E-state index contributed by atoms with van der Waals surface area (Å²) in [5.74, 6) is 0.315. The number of carbonyl (C=O) groups excluding carboxylic acids is 1. The average Bonchev–Trinajstić information content (AvgIpc) is 3.26. The van der Waals surface area contributed by atoms with Crippen molar-refractivity contribution in [2.75, 3.05) is 34.3 Å². The molecule has 2 aromatic carbocycles. The zero-order chi connectivity index (χ0) is 23.4. The first kappa shape index (κ1) is 22.4. The van der Waals surface area contributed by atoms with Crippen LogP contribution >= 0.6 is 0 Å². The van der Waals surface area contributed by atoms with Crippen LogP contribution in [0.25, 0.3) is 33.4 Å². The van der Waals surface area contributed by atoms with Gasteiger partial charge in [0, 0.05) is 35.8 Å². The molecule has 8 heteroatoms. The molecule has 0 spiro atoms. The van der Waals surface area contributed by atoms with Crippen LogP contribution in [0.5, 0.6) is 5.75 Å². The van der Waals surface area contributed by atoms with E-state index in [2.05, 4.69) is 20.5 Å². The fourth-order valence-electron chi connectivity index (χ4n) is 3.65. The molecule has 0 aliphatic rings. The molecule has 8 nitrogen and oxygen atoms in total. The summed E-state index contributed by atoms with van der Waals surface area (Å²) in [6.07, 6.45) is 0.486. The van der Waals surface area contributed by atoms with E-state index >= 15 is 0 Å². The normalized spacial score (nSPS) is 12.2. The predicted molar refractivity (Wildman–Crippen MR) is 128 cm³/mol.